The molecule has 2 heterocycles. The minimum atomic E-state index is -1.01. The van der Waals surface area contributed by atoms with E-state index in [4.69, 9.17) is 9.47 Å². The molecule has 2 aromatic carbocycles. The fourth-order valence-electron chi connectivity index (χ4n) is 3.12. The molecule has 2 aromatic heterocycles. The maximum atomic E-state index is 12.6. The number of nitrogens with one attached hydrogen (secondary N) is 1. The molecule has 0 spiro atoms. The number of anilines is 1. The molecule has 0 unspecified atom stereocenters. The van der Waals surface area contributed by atoms with Gasteiger partial charge < -0.3 is 19.9 Å². The first-order valence-corrected chi connectivity index (χ1v) is 10.2. The number of ether oxygens (including phenoxy) is 2. The van der Waals surface area contributed by atoms with Crippen LogP contribution in [0.5, 0.6) is 11.5 Å². The summed E-state index contributed by atoms with van der Waals surface area (Å²) in [6.45, 7) is 0.245. The molecule has 0 fully saturated rings. The number of carbonyl (C=O) groups excluding carboxylic acids is 1. The van der Waals surface area contributed by atoms with Crippen molar-refractivity contribution in [2.45, 2.75) is 6.61 Å². The number of aromatic nitrogens is 1. The van der Waals surface area contributed by atoms with Gasteiger partial charge in [-0.3, -0.25) is 9.78 Å². The number of benzene rings is 2. The lowest BCUT2D eigenvalue weighted by atomic mass is 10.1. The molecule has 2 N–H and O–H groups in total. The molecule has 31 heavy (non-hydrogen) atoms. The van der Waals surface area contributed by atoms with Crippen LogP contribution in [0.3, 0.4) is 0 Å². The number of nitrogens with zero attached hydrogens (tertiary/aromatic N) is 1. The van der Waals surface area contributed by atoms with Crippen LogP contribution in [0.15, 0.2) is 66.3 Å². The number of methoxy groups -OCH3 is 1. The summed E-state index contributed by atoms with van der Waals surface area (Å²) in [5.74, 6) is -0.234. The molecule has 0 aliphatic heterocycles. The highest BCUT2D eigenvalue weighted by Crippen LogP contribution is 2.30. The zero-order valence-corrected chi connectivity index (χ0v) is 17.3. The number of para-hydroxylation sites is 1. The fourth-order valence-corrected chi connectivity index (χ4v) is 4.15. The van der Waals surface area contributed by atoms with Crippen LogP contribution in [0.4, 0.5) is 5.69 Å². The van der Waals surface area contributed by atoms with Crippen molar-refractivity contribution in [1.82, 2.24) is 4.98 Å². The summed E-state index contributed by atoms with van der Waals surface area (Å²) in [5, 5.41) is 14.8. The van der Waals surface area contributed by atoms with E-state index in [-0.39, 0.29) is 18.1 Å². The zero-order chi connectivity index (χ0) is 21.8. The molecular formula is C23H18N2O5S. The highest BCUT2D eigenvalue weighted by Gasteiger charge is 2.14. The van der Waals surface area contributed by atoms with E-state index in [9.17, 15) is 14.7 Å². The Morgan fingerprint density at radius 3 is 2.74 bits per heavy atom. The van der Waals surface area contributed by atoms with Crippen LogP contribution in [0.1, 0.15) is 26.3 Å². The highest BCUT2D eigenvalue weighted by molar-refractivity contribution is 7.17. The summed E-state index contributed by atoms with van der Waals surface area (Å²) < 4.78 is 11.8. The Morgan fingerprint density at radius 2 is 1.94 bits per heavy atom. The van der Waals surface area contributed by atoms with E-state index in [0.717, 1.165) is 10.9 Å². The molecule has 0 aliphatic carbocycles. The van der Waals surface area contributed by atoms with Crippen molar-refractivity contribution in [3.8, 4) is 11.5 Å². The van der Waals surface area contributed by atoms with E-state index in [1.54, 1.807) is 54.7 Å². The van der Waals surface area contributed by atoms with Gasteiger partial charge in [0.05, 0.1) is 22.9 Å². The van der Waals surface area contributed by atoms with Crippen molar-refractivity contribution in [2.75, 3.05) is 12.4 Å². The maximum absolute atomic E-state index is 12.6. The Hall–Kier alpha value is -3.91. The van der Waals surface area contributed by atoms with Gasteiger partial charge in [0.15, 0.2) is 0 Å². The first-order chi connectivity index (χ1) is 15.1. The second-order valence-electron chi connectivity index (χ2n) is 6.60. The number of carboxylic acids is 1. The molecule has 1 amide bonds. The summed E-state index contributed by atoms with van der Waals surface area (Å²) >= 11 is 1.35. The minimum Gasteiger partial charge on any atom is -0.496 e. The maximum Gasteiger partial charge on any atom is 0.338 e. The minimum absolute atomic E-state index is 0.176. The normalized spacial score (nSPS) is 10.6. The van der Waals surface area contributed by atoms with Crippen molar-refractivity contribution in [2.24, 2.45) is 0 Å². The summed E-state index contributed by atoms with van der Waals surface area (Å²) in [4.78, 5) is 28.0. The average Bonchev–Trinajstić information content (AvgIpc) is 3.21. The van der Waals surface area contributed by atoms with Crippen LogP contribution < -0.4 is 14.8 Å². The summed E-state index contributed by atoms with van der Waals surface area (Å²) in [7, 11) is 1.52. The van der Waals surface area contributed by atoms with Crippen molar-refractivity contribution >= 4 is 39.0 Å². The summed E-state index contributed by atoms with van der Waals surface area (Å²) in [6, 6.07) is 14.0. The van der Waals surface area contributed by atoms with Gasteiger partial charge in [-0.25, -0.2) is 4.79 Å². The molecule has 0 saturated carbocycles. The second kappa shape index (κ2) is 8.85. The number of hydrogen-bond acceptors (Lipinski definition) is 6. The van der Waals surface area contributed by atoms with Gasteiger partial charge in [-0.2, -0.15) is 0 Å². The van der Waals surface area contributed by atoms with Crippen LogP contribution in [-0.4, -0.2) is 29.1 Å². The van der Waals surface area contributed by atoms with E-state index in [1.165, 1.54) is 24.6 Å². The lowest BCUT2D eigenvalue weighted by molar-refractivity contribution is 0.0698. The van der Waals surface area contributed by atoms with Gasteiger partial charge in [-0.15, -0.1) is 11.3 Å². The highest BCUT2D eigenvalue weighted by atomic mass is 32.1. The number of carboxylic acid groups (broad SMARTS) is 1. The second-order valence-corrected chi connectivity index (χ2v) is 7.48. The lowest BCUT2D eigenvalue weighted by Crippen LogP contribution is -2.13. The molecule has 4 aromatic rings. The van der Waals surface area contributed by atoms with Gasteiger partial charge >= 0.3 is 5.97 Å². The third kappa shape index (κ3) is 4.34. The Kier molecular flexibility index (Phi) is 5.81. The van der Waals surface area contributed by atoms with E-state index in [1.807, 2.05) is 5.38 Å². The molecule has 7 nitrogen and oxygen atoms in total. The van der Waals surface area contributed by atoms with Crippen molar-refractivity contribution < 1.29 is 24.2 Å². The summed E-state index contributed by atoms with van der Waals surface area (Å²) in [6.07, 6.45) is 2.99. The van der Waals surface area contributed by atoms with E-state index in [0.29, 0.717) is 27.4 Å². The quantitative estimate of drug-likeness (QED) is 0.432. The standard InChI is InChI=1S/C23H18N2O5S/c1-29-20-8-3-2-7-17(20)22(26)25-15-5-4-6-16(9-15)30-12-14-13-31-21-18(14)10-24-11-19(21)23(27)28/h2-11,13H,12H2,1H3,(H,25,26)(H,27,28). The number of hydrogen-bond donors (Lipinski definition) is 2. The molecule has 4 rings (SSSR count). The number of aromatic carboxylic acids is 1. The smallest absolute Gasteiger partial charge is 0.338 e. The fraction of sp³-hybridized carbons (Fsp3) is 0.0870. The van der Waals surface area contributed by atoms with E-state index < -0.39 is 5.97 Å². The molecular weight excluding hydrogens is 416 g/mol. The first kappa shape index (κ1) is 20.4. The molecule has 156 valence electrons. The number of carbonyl (C=O) groups is 2. The first-order valence-electron chi connectivity index (χ1n) is 9.31. The van der Waals surface area contributed by atoms with Crippen LogP contribution >= 0.6 is 11.3 Å². The van der Waals surface area contributed by atoms with Crippen LogP contribution in [0.2, 0.25) is 0 Å². The Morgan fingerprint density at radius 1 is 1.10 bits per heavy atom. The predicted molar refractivity (Wildman–Crippen MR) is 118 cm³/mol. The van der Waals surface area contributed by atoms with Crippen LogP contribution in [0, 0.1) is 0 Å². The molecule has 0 aliphatic rings. The number of fused-ring (bicyclic) bond motifs is 1. The molecule has 0 atom stereocenters. The van der Waals surface area contributed by atoms with Gasteiger partial charge in [0.2, 0.25) is 0 Å². The number of rotatable bonds is 7. The Labute approximate surface area is 181 Å². The van der Waals surface area contributed by atoms with Crippen LogP contribution in [-0.2, 0) is 6.61 Å². The lowest BCUT2D eigenvalue weighted by Gasteiger charge is -2.11. The van der Waals surface area contributed by atoms with Gasteiger partial charge in [0, 0.05) is 35.1 Å². The van der Waals surface area contributed by atoms with Gasteiger partial charge in [0.1, 0.15) is 18.1 Å². The average molecular weight is 434 g/mol. The SMILES string of the molecule is COc1ccccc1C(=O)Nc1cccc(OCc2csc3c(C(=O)O)cncc23)c1. The molecule has 8 heteroatoms. The molecule has 0 radical (unpaired) electrons. The predicted octanol–water partition coefficient (Wildman–Crippen LogP) is 4.83. The van der Waals surface area contributed by atoms with Crippen molar-refractivity contribution in [1.29, 1.82) is 0 Å². The van der Waals surface area contributed by atoms with Gasteiger partial charge in [-0.1, -0.05) is 18.2 Å². The number of pyridine rings is 1. The summed E-state index contributed by atoms with van der Waals surface area (Å²) in [5.41, 5.74) is 2.04. The number of thiophene rings is 1. The third-order valence-electron chi connectivity index (χ3n) is 4.63. The van der Waals surface area contributed by atoms with Crippen molar-refractivity contribution in [3.63, 3.8) is 0 Å². The van der Waals surface area contributed by atoms with Gasteiger partial charge in [0.25, 0.3) is 5.91 Å². The third-order valence-corrected chi connectivity index (χ3v) is 5.71. The monoisotopic (exact) mass is 434 g/mol. The Balaban J connectivity index is 1.48. The largest absolute Gasteiger partial charge is 0.496 e. The van der Waals surface area contributed by atoms with Crippen molar-refractivity contribution in [3.05, 3.63) is 83.0 Å². The number of amides is 1. The van der Waals surface area contributed by atoms with Crippen LogP contribution in [0.25, 0.3) is 10.1 Å². The topological polar surface area (TPSA) is 97.8 Å². The van der Waals surface area contributed by atoms with E-state index >= 15 is 0 Å². The molecule has 0 bridgehead atoms. The molecule has 0 saturated heterocycles. The Bertz CT molecular complexity index is 1270. The zero-order valence-electron chi connectivity index (χ0n) is 16.5. The van der Waals surface area contributed by atoms with Gasteiger partial charge in [-0.05, 0) is 29.6 Å². The van der Waals surface area contributed by atoms with E-state index in [2.05, 4.69) is 10.3 Å².